The van der Waals surface area contributed by atoms with Crippen LogP contribution in [0.25, 0.3) is 11.4 Å². The SMILES string of the molecule is Cc1cccc(-c2n[nH]c(=S)n2CC(=O)Nc2cccc(C)n2)c1. The second kappa shape index (κ2) is 6.76. The van der Waals surface area contributed by atoms with Crippen molar-refractivity contribution in [3.8, 4) is 11.4 Å². The van der Waals surface area contributed by atoms with Gasteiger partial charge in [-0.2, -0.15) is 5.10 Å². The number of carbonyl (C=O) groups is 1. The number of benzene rings is 1. The summed E-state index contributed by atoms with van der Waals surface area (Å²) in [5.74, 6) is 0.947. The molecule has 2 aromatic heterocycles. The number of rotatable bonds is 4. The Morgan fingerprint density at radius 3 is 2.79 bits per heavy atom. The van der Waals surface area contributed by atoms with Crippen LogP contribution in [-0.2, 0) is 11.3 Å². The average molecular weight is 339 g/mol. The molecule has 0 spiro atoms. The average Bonchev–Trinajstić information content (AvgIpc) is 2.88. The third-order valence-electron chi connectivity index (χ3n) is 3.49. The first-order valence-electron chi connectivity index (χ1n) is 7.49. The number of aryl methyl sites for hydroxylation is 2. The van der Waals surface area contributed by atoms with Gasteiger partial charge in [-0.25, -0.2) is 4.98 Å². The summed E-state index contributed by atoms with van der Waals surface area (Å²) < 4.78 is 2.08. The maximum Gasteiger partial charge on any atom is 0.245 e. The van der Waals surface area contributed by atoms with Crippen molar-refractivity contribution in [3.63, 3.8) is 0 Å². The molecule has 3 aromatic rings. The maximum atomic E-state index is 12.3. The molecule has 0 unspecified atom stereocenters. The van der Waals surface area contributed by atoms with Gasteiger partial charge in [-0.15, -0.1) is 0 Å². The number of anilines is 1. The van der Waals surface area contributed by atoms with Crippen molar-refractivity contribution in [2.24, 2.45) is 0 Å². The molecule has 0 aliphatic rings. The van der Waals surface area contributed by atoms with E-state index in [0.717, 1.165) is 16.8 Å². The normalized spacial score (nSPS) is 10.6. The Hall–Kier alpha value is -2.80. The minimum absolute atomic E-state index is 0.0637. The predicted molar refractivity (Wildman–Crippen MR) is 95.2 cm³/mol. The van der Waals surface area contributed by atoms with Crippen molar-refractivity contribution in [2.75, 3.05) is 5.32 Å². The number of amides is 1. The highest BCUT2D eigenvalue weighted by atomic mass is 32.1. The molecule has 0 saturated carbocycles. The third-order valence-corrected chi connectivity index (χ3v) is 3.80. The number of hydrogen-bond acceptors (Lipinski definition) is 4. The van der Waals surface area contributed by atoms with E-state index in [9.17, 15) is 4.79 Å². The lowest BCUT2D eigenvalue weighted by molar-refractivity contribution is -0.116. The molecule has 0 atom stereocenters. The summed E-state index contributed by atoms with van der Waals surface area (Å²) in [7, 11) is 0. The van der Waals surface area contributed by atoms with Crippen LogP contribution < -0.4 is 5.32 Å². The van der Waals surface area contributed by atoms with Crippen molar-refractivity contribution in [2.45, 2.75) is 20.4 Å². The van der Waals surface area contributed by atoms with Gasteiger partial charge < -0.3 is 5.32 Å². The van der Waals surface area contributed by atoms with Gasteiger partial charge in [-0.3, -0.25) is 14.5 Å². The first kappa shape index (κ1) is 16.1. The van der Waals surface area contributed by atoms with Crippen molar-refractivity contribution in [1.82, 2.24) is 19.7 Å². The molecule has 3 rings (SSSR count). The smallest absolute Gasteiger partial charge is 0.245 e. The molecule has 0 bridgehead atoms. The van der Waals surface area contributed by atoms with Crippen LogP contribution in [0.4, 0.5) is 5.82 Å². The molecule has 1 amide bonds. The fourth-order valence-electron chi connectivity index (χ4n) is 2.41. The summed E-state index contributed by atoms with van der Waals surface area (Å²) in [5.41, 5.74) is 2.86. The van der Waals surface area contributed by atoms with Gasteiger partial charge in [0.05, 0.1) is 0 Å². The second-order valence-corrected chi connectivity index (χ2v) is 5.91. The Balaban J connectivity index is 1.84. The lowest BCUT2D eigenvalue weighted by atomic mass is 10.1. The van der Waals surface area contributed by atoms with E-state index in [1.807, 2.05) is 50.2 Å². The van der Waals surface area contributed by atoms with Gasteiger partial charge in [0.25, 0.3) is 0 Å². The molecule has 0 saturated heterocycles. The standard InChI is InChI=1S/C17H17N5OS/c1-11-5-3-7-13(9-11)16-20-21-17(24)22(16)10-15(23)19-14-8-4-6-12(2)18-14/h3-9H,10H2,1-2H3,(H,21,24)(H,18,19,23). The highest BCUT2D eigenvalue weighted by Gasteiger charge is 2.13. The molecule has 2 N–H and O–H groups in total. The van der Waals surface area contributed by atoms with Crippen LogP contribution in [0.15, 0.2) is 42.5 Å². The minimum atomic E-state index is -0.209. The van der Waals surface area contributed by atoms with Crippen molar-refractivity contribution in [3.05, 3.63) is 58.5 Å². The molecule has 122 valence electrons. The van der Waals surface area contributed by atoms with Crippen LogP contribution in [0.2, 0.25) is 0 Å². The van der Waals surface area contributed by atoms with Crippen LogP contribution in [0.5, 0.6) is 0 Å². The third kappa shape index (κ3) is 3.57. The van der Waals surface area contributed by atoms with E-state index in [4.69, 9.17) is 12.2 Å². The van der Waals surface area contributed by atoms with Crippen LogP contribution in [0, 0.1) is 18.6 Å². The molecule has 0 fully saturated rings. The highest BCUT2D eigenvalue weighted by Crippen LogP contribution is 2.18. The Morgan fingerprint density at radius 2 is 2.04 bits per heavy atom. The number of H-pyrrole nitrogens is 1. The van der Waals surface area contributed by atoms with Crippen molar-refractivity contribution >= 4 is 23.9 Å². The minimum Gasteiger partial charge on any atom is -0.309 e. The Kier molecular flexibility index (Phi) is 4.52. The summed E-state index contributed by atoms with van der Waals surface area (Å²) in [6, 6.07) is 13.4. The van der Waals surface area contributed by atoms with E-state index >= 15 is 0 Å². The fraction of sp³-hybridized carbons (Fsp3) is 0.176. The van der Waals surface area contributed by atoms with E-state index in [1.54, 1.807) is 10.6 Å². The van der Waals surface area contributed by atoms with Crippen LogP contribution in [0.1, 0.15) is 11.3 Å². The molecule has 0 aliphatic carbocycles. The van der Waals surface area contributed by atoms with Gasteiger partial charge in [0, 0.05) is 11.3 Å². The second-order valence-electron chi connectivity index (χ2n) is 5.52. The Labute approximate surface area is 144 Å². The zero-order valence-electron chi connectivity index (χ0n) is 13.4. The molecule has 0 radical (unpaired) electrons. The first-order valence-corrected chi connectivity index (χ1v) is 7.89. The highest BCUT2D eigenvalue weighted by molar-refractivity contribution is 7.71. The summed E-state index contributed by atoms with van der Waals surface area (Å²) in [6.07, 6.45) is 0. The van der Waals surface area contributed by atoms with E-state index in [2.05, 4.69) is 20.5 Å². The van der Waals surface area contributed by atoms with Gasteiger partial charge in [-0.05, 0) is 44.3 Å². The van der Waals surface area contributed by atoms with Crippen LogP contribution in [0.3, 0.4) is 0 Å². The maximum absolute atomic E-state index is 12.3. The summed E-state index contributed by atoms with van der Waals surface area (Å²) >= 11 is 5.26. The topological polar surface area (TPSA) is 75.6 Å². The summed E-state index contributed by atoms with van der Waals surface area (Å²) in [5, 5.41) is 9.78. The van der Waals surface area contributed by atoms with Gasteiger partial charge in [-0.1, -0.05) is 29.8 Å². The van der Waals surface area contributed by atoms with Gasteiger partial charge in [0.15, 0.2) is 10.6 Å². The molecule has 6 nitrogen and oxygen atoms in total. The number of hydrogen-bond donors (Lipinski definition) is 2. The zero-order valence-corrected chi connectivity index (χ0v) is 14.2. The number of aromatic amines is 1. The first-order chi connectivity index (χ1) is 11.5. The number of nitrogens with zero attached hydrogens (tertiary/aromatic N) is 3. The van der Waals surface area contributed by atoms with E-state index in [-0.39, 0.29) is 12.5 Å². The van der Waals surface area contributed by atoms with Crippen molar-refractivity contribution < 1.29 is 4.79 Å². The number of pyridine rings is 1. The number of aromatic nitrogens is 4. The Morgan fingerprint density at radius 1 is 1.25 bits per heavy atom. The molecule has 2 heterocycles. The van der Waals surface area contributed by atoms with Crippen LogP contribution >= 0.6 is 12.2 Å². The van der Waals surface area contributed by atoms with E-state index in [0.29, 0.717) is 16.4 Å². The zero-order chi connectivity index (χ0) is 17.1. The molecule has 1 aromatic carbocycles. The van der Waals surface area contributed by atoms with Crippen molar-refractivity contribution in [1.29, 1.82) is 0 Å². The summed E-state index contributed by atoms with van der Waals surface area (Å²) in [4.78, 5) is 16.6. The monoisotopic (exact) mass is 339 g/mol. The number of nitrogens with one attached hydrogen (secondary N) is 2. The predicted octanol–water partition coefficient (Wildman–Crippen LogP) is 3.26. The van der Waals surface area contributed by atoms with Gasteiger partial charge in [0.1, 0.15) is 12.4 Å². The number of carbonyl (C=O) groups excluding carboxylic acids is 1. The van der Waals surface area contributed by atoms with Crippen LogP contribution in [-0.4, -0.2) is 25.7 Å². The quantitative estimate of drug-likeness (QED) is 0.716. The summed E-state index contributed by atoms with van der Waals surface area (Å²) in [6.45, 7) is 3.94. The molecular weight excluding hydrogens is 322 g/mol. The van der Waals surface area contributed by atoms with E-state index < -0.39 is 0 Å². The molecule has 0 aliphatic heterocycles. The van der Waals surface area contributed by atoms with Gasteiger partial charge >= 0.3 is 0 Å². The largest absolute Gasteiger partial charge is 0.309 e. The lowest BCUT2D eigenvalue weighted by Crippen LogP contribution is -2.20. The van der Waals surface area contributed by atoms with Gasteiger partial charge in [0.2, 0.25) is 5.91 Å². The molecular formula is C17H17N5OS. The fourth-order valence-corrected chi connectivity index (χ4v) is 2.60. The Bertz CT molecular complexity index is 944. The molecule has 24 heavy (non-hydrogen) atoms. The molecule has 7 heteroatoms. The lowest BCUT2D eigenvalue weighted by Gasteiger charge is -2.08. The van der Waals surface area contributed by atoms with E-state index in [1.165, 1.54) is 0 Å².